The third kappa shape index (κ3) is 4.19. The van der Waals surface area contributed by atoms with Crippen LogP contribution in [-0.2, 0) is 11.3 Å². The van der Waals surface area contributed by atoms with E-state index in [4.69, 9.17) is 4.74 Å². The lowest BCUT2D eigenvalue weighted by Crippen LogP contribution is -2.27. The number of ether oxygens (including phenoxy) is 1. The predicted octanol–water partition coefficient (Wildman–Crippen LogP) is 1.70. The van der Waals surface area contributed by atoms with Gasteiger partial charge in [0.05, 0.1) is 12.9 Å². The van der Waals surface area contributed by atoms with Gasteiger partial charge in [-0.2, -0.15) is 5.10 Å². The molecular formula is C13H15FN4O2S. The van der Waals surface area contributed by atoms with Crippen molar-refractivity contribution >= 4 is 17.7 Å². The van der Waals surface area contributed by atoms with Crippen LogP contribution >= 0.6 is 11.8 Å². The minimum Gasteiger partial charge on any atom is -0.494 e. The molecule has 1 aromatic carbocycles. The fourth-order valence-corrected chi connectivity index (χ4v) is 2.39. The zero-order valence-electron chi connectivity index (χ0n) is 11.7. The number of nitrogens with one attached hydrogen (secondary N) is 1. The lowest BCUT2D eigenvalue weighted by Gasteiger charge is -2.17. The molecule has 0 fully saturated rings. The molecule has 1 aromatic heterocycles. The highest BCUT2D eigenvalue weighted by molar-refractivity contribution is 7.99. The first kappa shape index (κ1) is 15.3. The minimum atomic E-state index is -0.438. The van der Waals surface area contributed by atoms with Crippen molar-refractivity contribution < 1.29 is 13.9 Å². The summed E-state index contributed by atoms with van der Waals surface area (Å²) < 4.78 is 18.4. The van der Waals surface area contributed by atoms with Crippen LogP contribution in [0.4, 0.5) is 4.39 Å². The third-order valence-corrected chi connectivity index (χ3v) is 3.65. The minimum absolute atomic E-state index is 0.0763. The topological polar surface area (TPSA) is 71.1 Å². The number of H-pyrrole nitrogens is 1. The number of amides is 1. The summed E-state index contributed by atoms with van der Waals surface area (Å²) in [5.41, 5.74) is 0.703. The Morgan fingerprint density at radius 2 is 2.33 bits per heavy atom. The average molecular weight is 310 g/mol. The zero-order chi connectivity index (χ0) is 15.2. The number of hydrogen-bond acceptors (Lipinski definition) is 5. The largest absolute Gasteiger partial charge is 0.494 e. The van der Waals surface area contributed by atoms with Gasteiger partial charge in [-0.3, -0.25) is 9.89 Å². The molecule has 0 saturated heterocycles. The Morgan fingerprint density at radius 1 is 1.52 bits per heavy atom. The van der Waals surface area contributed by atoms with E-state index in [1.807, 2.05) is 0 Å². The quantitative estimate of drug-likeness (QED) is 0.822. The molecule has 112 valence electrons. The molecule has 0 bridgehead atoms. The molecule has 0 aliphatic carbocycles. The summed E-state index contributed by atoms with van der Waals surface area (Å²) in [7, 11) is 3.08. The van der Waals surface area contributed by atoms with Gasteiger partial charge in [-0.05, 0) is 17.7 Å². The average Bonchev–Trinajstić information content (AvgIpc) is 2.98. The Bertz CT molecular complexity index is 606. The van der Waals surface area contributed by atoms with Crippen molar-refractivity contribution in [1.29, 1.82) is 0 Å². The summed E-state index contributed by atoms with van der Waals surface area (Å²) in [5.74, 6) is -0.0854. The highest BCUT2D eigenvalue weighted by atomic mass is 32.2. The van der Waals surface area contributed by atoms with Crippen molar-refractivity contribution in [3.63, 3.8) is 0 Å². The van der Waals surface area contributed by atoms with Gasteiger partial charge < -0.3 is 9.64 Å². The van der Waals surface area contributed by atoms with E-state index in [-0.39, 0.29) is 17.4 Å². The third-order valence-electron chi connectivity index (χ3n) is 2.79. The van der Waals surface area contributed by atoms with E-state index in [2.05, 4.69) is 15.2 Å². The SMILES string of the molecule is COc1ccc(CN(C)C(=O)CSc2ncn[nH]2)cc1F. The van der Waals surface area contributed by atoms with Gasteiger partial charge in [-0.25, -0.2) is 9.37 Å². The number of methoxy groups -OCH3 is 1. The number of benzene rings is 1. The number of halogens is 1. The van der Waals surface area contributed by atoms with Crippen molar-refractivity contribution in [3.05, 3.63) is 35.9 Å². The molecule has 0 atom stereocenters. The van der Waals surface area contributed by atoms with Gasteiger partial charge in [0.15, 0.2) is 16.7 Å². The number of thioether (sulfide) groups is 1. The molecule has 21 heavy (non-hydrogen) atoms. The van der Waals surface area contributed by atoms with Gasteiger partial charge in [0, 0.05) is 13.6 Å². The van der Waals surface area contributed by atoms with Crippen LogP contribution < -0.4 is 4.74 Å². The van der Waals surface area contributed by atoms with Crippen LogP contribution in [-0.4, -0.2) is 45.9 Å². The molecule has 1 N–H and O–H groups in total. The molecule has 0 radical (unpaired) electrons. The van der Waals surface area contributed by atoms with Crippen LogP contribution in [0.5, 0.6) is 5.75 Å². The Morgan fingerprint density at radius 3 is 2.95 bits per heavy atom. The van der Waals surface area contributed by atoms with Gasteiger partial charge in [0.2, 0.25) is 5.91 Å². The van der Waals surface area contributed by atoms with Crippen LogP contribution in [0.1, 0.15) is 5.56 Å². The van der Waals surface area contributed by atoms with E-state index in [1.54, 1.807) is 19.2 Å². The normalized spacial score (nSPS) is 10.4. The van der Waals surface area contributed by atoms with Crippen LogP contribution in [0.3, 0.4) is 0 Å². The van der Waals surface area contributed by atoms with E-state index in [0.717, 1.165) is 0 Å². The number of hydrogen-bond donors (Lipinski definition) is 1. The summed E-state index contributed by atoms with van der Waals surface area (Å²) in [6, 6.07) is 4.65. The molecule has 0 aliphatic rings. The van der Waals surface area contributed by atoms with E-state index < -0.39 is 5.82 Å². The van der Waals surface area contributed by atoms with Crippen LogP contribution in [0, 0.1) is 5.82 Å². The smallest absolute Gasteiger partial charge is 0.233 e. The number of aromatic nitrogens is 3. The Kier molecular flexibility index (Phi) is 5.15. The number of carbonyl (C=O) groups is 1. The number of rotatable bonds is 6. The van der Waals surface area contributed by atoms with E-state index in [1.165, 1.54) is 36.2 Å². The highest BCUT2D eigenvalue weighted by Crippen LogP contribution is 2.19. The van der Waals surface area contributed by atoms with Crippen molar-refractivity contribution in [2.24, 2.45) is 0 Å². The second kappa shape index (κ2) is 7.07. The van der Waals surface area contributed by atoms with Gasteiger partial charge >= 0.3 is 0 Å². The van der Waals surface area contributed by atoms with Gasteiger partial charge in [0.25, 0.3) is 0 Å². The lowest BCUT2D eigenvalue weighted by molar-refractivity contribution is -0.127. The van der Waals surface area contributed by atoms with Crippen molar-refractivity contribution in [2.45, 2.75) is 11.7 Å². The zero-order valence-corrected chi connectivity index (χ0v) is 12.5. The Labute approximate surface area is 125 Å². The first-order chi connectivity index (χ1) is 10.1. The maximum Gasteiger partial charge on any atom is 0.233 e. The molecule has 6 nitrogen and oxygen atoms in total. The van der Waals surface area contributed by atoms with Gasteiger partial charge in [-0.1, -0.05) is 17.8 Å². The highest BCUT2D eigenvalue weighted by Gasteiger charge is 2.12. The molecule has 1 heterocycles. The fraction of sp³-hybridized carbons (Fsp3) is 0.308. The first-order valence-electron chi connectivity index (χ1n) is 6.14. The van der Waals surface area contributed by atoms with Crippen molar-refractivity contribution in [1.82, 2.24) is 20.1 Å². The van der Waals surface area contributed by atoms with Crippen LogP contribution in [0.2, 0.25) is 0 Å². The van der Waals surface area contributed by atoms with Crippen LogP contribution in [0.25, 0.3) is 0 Å². The van der Waals surface area contributed by atoms with Crippen molar-refractivity contribution in [3.8, 4) is 5.75 Å². The summed E-state index contributed by atoms with van der Waals surface area (Å²) >= 11 is 1.27. The first-order valence-corrected chi connectivity index (χ1v) is 7.13. The number of carbonyl (C=O) groups excluding carboxylic acids is 1. The molecular weight excluding hydrogens is 295 g/mol. The van der Waals surface area contributed by atoms with E-state index in [9.17, 15) is 9.18 Å². The van der Waals surface area contributed by atoms with Crippen LogP contribution in [0.15, 0.2) is 29.7 Å². The maximum atomic E-state index is 13.6. The van der Waals surface area contributed by atoms with E-state index in [0.29, 0.717) is 17.3 Å². The number of nitrogens with zero attached hydrogens (tertiary/aromatic N) is 3. The monoisotopic (exact) mass is 310 g/mol. The molecule has 0 unspecified atom stereocenters. The standard InChI is InChI=1S/C13H15FN4O2S/c1-18(12(19)7-21-13-15-8-16-17-13)6-9-3-4-11(20-2)10(14)5-9/h3-5,8H,6-7H2,1-2H3,(H,15,16,17). The molecule has 0 spiro atoms. The lowest BCUT2D eigenvalue weighted by atomic mass is 10.2. The molecule has 1 amide bonds. The molecule has 0 saturated carbocycles. The van der Waals surface area contributed by atoms with Gasteiger partial charge in [-0.15, -0.1) is 0 Å². The summed E-state index contributed by atoms with van der Waals surface area (Å²) in [6.45, 7) is 0.330. The summed E-state index contributed by atoms with van der Waals surface area (Å²) in [5, 5.41) is 6.96. The molecule has 8 heteroatoms. The Hall–Kier alpha value is -2.09. The predicted molar refractivity (Wildman–Crippen MR) is 76.5 cm³/mol. The van der Waals surface area contributed by atoms with Crippen molar-refractivity contribution in [2.75, 3.05) is 19.9 Å². The second-order valence-corrected chi connectivity index (χ2v) is 5.26. The second-order valence-electron chi connectivity index (χ2n) is 4.30. The molecule has 2 aromatic rings. The Balaban J connectivity index is 1.89. The molecule has 2 rings (SSSR count). The maximum absolute atomic E-state index is 13.6. The van der Waals surface area contributed by atoms with Gasteiger partial charge in [0.1, 0.15) is 6.33 Å². The van der Waals surface area contributed by atoms with E-state index >= 15 is 0 Å². The summed E-state index contributed by atoms with van der Waals surface area (Å²) in [6.07, 6.45) is 1.39. The molecule has 0 aliphatic heterocycles. The fourth-order valence-electron chi connectivity index (χ4n) is 1.67. The number of aromatic amines is 1. The summed E-state index contributed by atoms with van der Waals surface area (Å²) in [4.78, 5) is 17.4.